The molecule has 0 aliphatic carbocycles. The summed E-state index contributed by atoms with van der Waals surface area (Å²) >= 11 is 0. The SMILES string of the molecule is Cc1nn(-c2ccccc2)c(N2CCCCC2)c1/C=N/NC(=O)c1ccc2c(c1)OCCO2. The van der Waals surface area contributed by atoms with E-state index in [1.54, 1.807) is 24.4 Å². The quantitative estimate of drug-likeness (QED) is 0.478. The lowest BCUT2D eigenvalue weighted by Crippen LogP contribution is -2.32. The van der Waals surface area contributed by atoms with E-state index in [1.165, 1.54) is 6.42 Å². The maximum Gasteiger partial charge on any atom is 0.271 e. The summed E-state index contributed by atoms with van der Waals surface area (Å²) in [7, 11) is 0. The van der Waals surface area contributed by atoms with Crippen molar-refractivity contribution in [3.05, 3.63) is 65.4 Å². The summed E-state index contributed by atoms with van der Waals surface area (Å²) in [6, 6.07) is 15.2. The monoisotopic (exact) mass is 445 g/mol. The number of anilines is 1. The van der Waals surface area contributed by atoms with Gasteiger partial charge in [-0.15, -0.1) is 0 Å². The van der Waals surface area contributed by atoms with Crippen LogP contribution in [0, 0.1) is 6.92 Å². The highest BCUT2D eigenvalue weighted by Gasteiger charge is 2.23. The van der Waals surface area contributed by atoms with Gasteiger partial charge in [-0.3, -0.25) is 4.79 Å². The van der Waals surface area contributed by atoms with E-state index in [9.17, 15) is 4.79 Å². The number of hydrazone groups is 1. The number of aryl methyl sites for hydroxylation is 1. The van der Waals surface area contributed by atoms with Gasteiger partial charge < -0.3 is 14.4 Å². The number of nitrogens with one attached hydrogen (secondary N) is 1. The second kappa shape index (κ2) is 9.36. The molecule has 0 bridgehead atoms. The van der Waals surface area contributed by atoms with Crippen molar-refractivity contribution in [3.8, 4) is 17.2 Å². The second-order valence-electron chi connectivity index (χ2n) is 8.18. The predicted molar refractivity (Wildman–Crippen MR) is 127 cm³/mol. The Morgan fingerprint density at radius 3 is 2.58 bits per heavy atom. The average molecular weight is 446 g/mol. The Morgan fingerprint density at radius 2 is 1.79 bits per heavy atom. The molecule has 0 atom stereocenters. The number of benzene rings is 2. The molecule has 3 aromatic rings. The first-order chi connectivity index (χ1) is 16.2. The molecular formula is C25H27N5O3. The lowest BCUT2D eigenvalue weighted by molar-refractivity contribution is 0.0954. The molecule has 1 aromatic heterocycles. The predicted octanol–water partition coefficient (Wildman–Crippen LogP) is 3.71. The molecule has 2 aromatic carbocycles. The normalized spacial score (nSPS) is 15.6. The third-order valence-electron chi connectivity index (χ3n) is 5.90. The minimum absolute atomic E-state index is 0.309. The average Bonchev–Trinajstić information content (AvgIpc) is 3.20. The molecule has 8 nitrogen and oxygen atoms in total. The zero-order valence-corrected chi connectivity index (χ0v) is 18.7. The van der Waals surface area contributed by atoms with Gasteiger partial charge in [0.25, 0.3) is 5.91 Å². The molecular weight excluding hydrogens is 418 g/mol. The van der Waals surface area contributed by atoms with Crippen LogP contribution in [0.15, 0.2) is 53.6 Å². The highest BCUT2D eigenvalue weighted by molar-refractivity contribution is 5.96. The van der Waals surface area contributed by atoms with E-state index in [4.69, 9.17) is 14.6 Å². The van der Waals surface area contributed by atoms with Crippen molar-refractivity contribution in [1.82, 2.24) is 15.2 Å². The van der Waals surface area contributed by atoms with Crippen LogP contribution in [0.3, 0.4) is 0 Å². The third kappa shape index (κ3) is 4.41. The van der Waals surface area contributed by atoms with Crippen LogP contribution in [0.2, 0.25) is 0 Å². The molecule has 3 heterocycles. The van der Waals surface area contributed by atoms with Gasteiger partial charge in [-0.05, 0) is 56.5 Å². The summed E-state index contributed by atoms with van der Waals surface area (Å²) in [4.78, 5) is 15.0. The standard InChI is InChI=1S/C25H27N5O3/c1-18-21(17-26-27-24(31)19-10-11-22-23(16-19)33-15-14-32-22)25(29-12-6-3-7-13-29)30(28-18)20-8-4-2-5-9-20/h2,4-5,8-11,16-17H,3,6-7,12-15H2,1H3,(H,27,31)/b26-17+. The molecule has 170 valence electrons. The highest BCUT2D eigenvalue weighted by atomic mass is 16.6. The number of carbonyl (C=O) groups is 1. The van der Waals surface area contributed by atoms with Crippen molar-refractivity contribution >= 4 is 17.9 Å². The summed E-state index contributed by atoms with van der Waals surface area (Å²) in [6.07, 6.45) is 5.23. The minimum Gasteiger partial charge on any atom is -0.486 e. The zero-order chi connectivity index (χ0) is 22.6. The molecule has 1 saturated heterocycles. The van der Waals surface area contributed by atoms with E-state index in [-0.39, 0.29) is 5.91 Å². The molecule has 2 aliphatic rings. The molecule has 1 N–H and O–H groups in total. The number of piperidine rings is 1. The Bertz CT molecular complexity index is 1170. The molecule has 5 rings (SSSR count). The maximum absolute atomic E-state index is 12.7. The molecule has 1 amide bonds. The Hall–Kier alpha value is -3.81. The van der Waals surface area contributed by atoms with Crippen LogP contribution in [0.25, 0.3) is 5.69 Å². The maximum atomic E-state index is 12.7. The first kappa shape index (κ1) is 21.1. The zero-order valence-electron chi connectivity index (χ0n) is 18.7. The van der Waals surface area contributed by atoms with Crippen LogP contribution in [0.5, 0.6) is 11.5 Å². The fourth-order valence-corrected chi connectivity index (χ4v) is 4.24. The fourth-order valence-electron chi connectivity index (χ4n) is 4.24. The van der Waals surface area contributed by atoms with E-state index in [1.807, 2.05) is 41.9 Å². The van der Waals surface area contributed by atoms with Gasteiger partial charge in [-0.25, -0.2) is 10.1 Å². The molecule has 0 radical (unpaired) electrons. The summed E-state index contributed by atoms with van der Waals surface area (Å²) < 4.78 is 13.1. The molecule has 2 aliphatic heterocycles. The fraction of sp³-hybridized carbons (Fsp3) is 0.320. The molecule has 33 heavy (non-hydrogen) atoms. The summed E-state index contributed by atoms with van der Waals surface area (Å²) in [5, 5.41) is 9.08. The van der Waals surface area contributed by atoms with Crippen molar-refractivity contribution in [3.63, 3.8) is 0 Å². The largest absolute Gasteiger partial charge is 0.486 e. The van der Waals surface area contributed by atoms with Gasteiger partial charge in [0, 0.05) is 18.7 Å². The summed E-state index contributed by atoms with van der Waals surface area (Å²) in [6.45, 7) is 4.90. The molecule has 0 saturated carbocycles. The van der Waals surface area contributed by atoms with Crippen molar-refractivity contribution < 1.29 is 14.3 Å². The smallest absolute Gasteiger partial charge is 0.271 e. The Labute approximate surface area is 192 Å². The lowest BCUT2D eigenvalue weighted by atomic mass is 10.1. The number of carbonyl (C=O) groups excluding carboxylic acids is 1. The van der Waals surface area contributed by atoms with Crippen LogP contribution >= 0.6 is 0 Å². The Balaban J connectivity index is 1.40. The van der Waals surface area contributed by atoms with Gasteiger partial charge in [-0.2, -0.15) is 10.2 Å². The van der Waals surface area contributed by atoms with E-state index in [2.05, 4.69) is 15.4 Å². The number of amides is 1. The van der Waals surface area contributed by atoms with Gasteiger partial charge in [0.05, 0.1) is 23.2 Å². The van der Waals surface area contributed by atoms with Gasteiger partial charge in [0.1, 0.15) is 19.0 Å². The van der Waals surface area contributed by atoms with Crippen LogP contribution < -0.4 is 19.8 Å². The Kier molecular flexibility index (Phi) is 5.97. The van der Waals surface area contributed by atoms with Crippen LogP contribution in [0.4, 0.5) is 5.82 Å². The lowest BCUT2D eigenvalue weighted by Gasteiger charge is -2.29. The van der Waals surface area contributed by atoms with Crippen molar-refractivity contribution in [2.45, 2.75) is 26.2 Å². The third-order valence-corrected chi connectivity index (χ3v) is 5.90. The molecule has 0 spiro atoms. The number of aromatic nitrogens is 2. The number of ether oxygens (including phenoxy) is 2. The van der Waals surface area contributed by atoms with Crippen LogP contribution in [-0.2, 0) is 0 Å². The van der Waals surface area contributed by atoms with Crippen LogP contribution in [0.1, 0.15) is 40.9 Å². The number of nitrogens with zero attached hydrogens (tertiary/aromatic N) is 4. The van der Waals surface area contributed by atoms with Gasteiger partial charge in [0.2, 0.25) is 0 Å². The van der Waals surface area contributed by atoms with Gasteiger partial charge in [-0.1, -0.05) is 18.2 Å². The van der Waals surface area contributed by atoms with E-state index < -0.39 is 0 Å². The van der Waals surface area contributed by atoms with Crippen molar-refractivity contribution in [2.75, 3.05) is 31.2 Å². The molecule has 0 unspecified atom stereocenters. The van der Waals surface area contributed by atoms with Gasteiger partial charge in [0.15, 0.2) is 11.5 Å². The van der Waals surface area contributed by atoms with Crippen molar-refractivity contribution in [1.29, 1.82) is 0 Å². The second-order valence-corrected chi connectivity index (χ2v) is 8.18. The summed E-state index contributed by atoms with van der Waals surface area (Å²) in [5.74, 6) is 1.92. The van der Waals surface area contributed by atoms with E-state index in [0.29, 0.717) is 30.3 Å². The number of para-hydroxylation sites is 1. The first-order valence-electron chi connectivity index (χ1n) is 11.3. The van der Waals surface area contributed by atoms with Gasteiger partial charge >= 0.3 is 0 Å². The summed E-state index contributed by atoms with van der Waals surface area (Å²) in [5.41, 5.74) is 5.87. The number of rotatable bonds is 5. The topological polar surface area (TPSA) is 81.0 Å². The van der Waals surface area contributed by atoms with E-state index >= 15 is 0 Å². The number of hydrogen-bond donors (Lipinski definition) is 1. The highest BCUT2D eigenvalue weighted by Crippen LogP contribution is 2.31. The molecule has 8 heteroatoms. The molecule has 1 fully saturated rings. The number of fused-ring (bicyclic) bond motifs is 1. The van der Waals surface area contributed by atoms with Crippen LogP contribution in [-0.4, -0.2) is 48.2 Å². The number of hydrogen-bond acceptors (Lipinski definition) is 6. The van der Waals surface area contributed by atoms with Crippen molar-refractivity contribution in [2.24, 2.45) is 5.10 Å². The first-order valence-corrected chi connectivity index (χ1v) is 11.3. The van der Waals surface area contributed by atoms with E-state index in [0.717, 1.165) is 48.7 Å². The Morgan fingerprint density at radius 1 is 1.03 bits per heavy atom. The minimum atomic E-state index is -0.309.